The lowest BCUT2D eigenvalue weighted by atomic mass is 10.1. The molecule has 2 rings (SSSR count). The Morgan fingerprint density at radius 1 is 1.45 bits per heavy atom. The monoisotopic (exact) mass is 320 g/mol. The summed E-state index contributed by atoms with van der Waals surface area (Å²) in [6, 6.07) is 5.25. The predicted octanol–water partition coefficient (Wildman–Crippen LogP) is 2.17. The van der Waals surface area contributed by atoms with E-state index >= 15 is 0 Å². The minimum Gasteiger partial charge on any atom is -0.490 e. The van der Waals surface area contributed by atoms with Crippen LogP contribution in [0.25, 0.3) is 6.08 Å². The molecule has 0 saturated carbocycles. The van der Waals surface area contributed by atoms with E-state index in [4.69, 9.17) is 10.5 Å². The van der Waals surface area contributed by atoms with Crippen molar-refractivity contribution in [2.24, 2.45) is 5.73 Å². The normalized spacial score (nSPS) is 14.0. The van der Waals surface area contributed by atoms with Crippen molar-refractivity contribution in [1.29, 1.82) is 0 Å². The number of aldehydes is 1. The maximum absolute atomic E-state index is 12.0. The summed E-state index contributed by atoms with van der Waals surface area (Å²) in [5, 5.41) is -0.651. The average Bonchev–Trinajstić information content (AvgIpc) is 2.52. The SMILES string of the molecule is CCC(=O)N1CCOc2ccc(/C=C(/C=O)SC(N)=O)cc21. The number of rotatable bonds is 4. The van der Waals surface area contributed by atoms with Crippen molar-refractivity contribution in [3.63, 3.8) is 0 Å². The number of benzene rings is 1. The quantitative estimate of drug-likeness (QED) is 0.678. The van der Waals surface area contributed by atoms with Crippen molar-refractivity contribution in [2.75, 3.05) is 18.1 Å². The lowest BCUT2D eigenvalue weighted by Gasteiger charge is -2.29. The zero-order valence-electron chi connectivity index (χ0n) is 12.1. The predicted molar refractivity (Wildman–Crippen MR) is 85.8 cm³/mol. The van der Waals surface area contributed by atoms with Crippen LogP contribution in [0, 0.1) is 0 Å². The van der Waals surface area contributed by atoms with E-state index in [1.54, 1.807) is 36.1 Å². The summed E-state index contributed by atoms with van der Waals surface area (Å²) in [4.78, 5) is 35.7. The van der Waals surface area contributed by atoms with Gasteiger partial charge in [-0.15, -0.1) is 0 Å². The molecule has 6 nitrogen and oxygen atoms in total. The highest BCUT2D eigenvalue weighted by Crippen LogP contribution is 2.33. The highest BCUT2D eigenvalue weighted by molar-refractivity contribution is 8.17. The second kappa shape index (κ2) is 7.13. The van der Waals surface area contributed by atoms with Crippen molar-refractivity contribution < 1.29 is 19.1 Å². The Bertz CT molecular complexity index is 642. The number of anilines is 1. The second-order valence-corrected chi connectivity index (χ2v) is 5.64. The van der Waals surface area contributed by atoms with E-state index in [9.17, 15) is 14.4 Å². The van der Waals surface area contributed by atoms with Gasteiger partial charge in [-0.05, 0) is 35.5 Å². The van der Waals surface area contributed by atoms with E-state index in [2.05, 4.69) is 0 Å². The van der Waals surface area contributed by atoms with E-state index in [1.807, 2.05) is 0 Å². The van der Waals surface area contributed by atoms with Gasteiger partial charge in [0.1, 0.15) is 12.4 Å². The molecular formula is C15H16N2O4S. The molecule has 1 heterocycles. The van der Waals surface area contributed by atoms with Crippen LogP contribution in [0.4, 0.5) is 10.5 Å². The molecule has 22 heavy (non-hydrogen) atoms. The Balaban J connectivity index is 2.36. The molecule has 116 valence electrons. The summed E-state index contributed by atoms with van der Waals surface area (Å²) in [7, 11) is 0. The molecule has 7 heteroatoms. The summed E-state index contributed by atoms with van der Waals surface area (Å²) in [6.07, 6.45) is 2.52. The number of ether oxygens (including phenoxy) is 1. The summed E-state index contributed by atoms with van der Waals surface area (Å²) in [5.41, 5.74) is 6.42. The highest BCUT2D eigenvalue weighted by atomic mass is 32.2. The van der Waals surface area contributed by atoms with Crippen molar-refractivity contribution >= 4 is 41.0 Å². The number of fused-ring (bicyclic) bond motifs is 1. The smallest absolute Gasteiger partial charge is 0.281 e. The molecule has 0 radical (unpaired) electrons. The third-order valence-electron chi connectivity index (χ3n) is 3.09. The molecule has 1 aliphatic heterocycles. The Morgan fingerprint density at radius 2 is 2.23 bits per heavy atom. The molecule has 0 saturated heterocycles. The molecule has 1 aromatic rings. The number of allylic oxidation sites excluding steroid dienone is 1. The third-order valence-corrected chi connectivity index (χ3v) is 3.74. The van der Waals surface area contributed by atoms with Gasteiger partial charge in [0.25, 0.3) is 5.24 Å². The van der Waals surface area contributed by atoms with Crippen molar-refractivity contribution in [2.45, 2.75) is 13.3 Å². The number of hydrogen-bond acceptors (Lipinski definition) is 5. The lowest BCUT2D eigenvalue weighted by Crippen LogP contribution is -2.37. The topological polar surface area (TPSA) is 89.7 Å². The van der Waals surface area contributed by atoms with Gasteiger partial charge in [0.2, 0.25) is 5.91 Å². The number of carbonyl (C=O) groups excluding carboxylic acids is 3. The molecule has 2 N–H and O–H groups in total. The van der Waals surface area contributed by atoms with E-state index in [1.165, 1.54) is 0 Å². The van der Waals surface area contributed by atoms with Gasteiger partial charge in [0, 0.05) is 6.42 Å². The van der Waals surface area contributed by atoms with Crippen molar-refractivity contribution in [1.82, 2.24) is 0 Å². The largest absolute Gasteiger partial charge is 0.490 e. The Hall–Kier alpha value is -2.28. The van der Waals surface area contributed by atoms with Gasteiger partial charge in [-0.1, -0.05) is 13.0 Å². The number of carbonyl (C=O) groups is 3. The van der Waals surface area contributed by atoms with Crippen LogP contribution < -0.4 is 15.4 Å². The van der Waals surface area contributed by atoms with Crippen LogP contribution >= 0.6 is 11.8 Å². The molecule has 1 aromatic carbocycles. The highest BCUT2D eigenvalue weighted by Gasteiger charge is 2.22. The molecule has 0 aliphatic carbocycles. The second-order valence-electron chi connectivity index (χ2n) is 4.56. The van der Waals surface area contributed by atoms with Gasteiger partial charge < -0.3 is 15.4 Å². The zero-order chi connectivity index (χ0) is 16.1. The van der Waals surface area contributed by atoms with Gasteiger partial charge in [-0.25, -0.2) is 0 Å². The van der Waals surface area contributed by atoms with E-state index in [-0.39, 0.29) is 10.8 Å². The number of thioether (sulfide) groups is 1. The first-order valence-electron chi connectivity index (χ1n) is 6.76. The van der Waals surface area contributed by atoms with E-state index in [0.717, 1.165) is 0 Å². The molecular weight excluding hydrogens is 304 g/mol. The molecule has 0 atom stereocenters. The maximum Gasteiger partial charge on any atom is 0.281 e. The van der Waals surface area contributed by atoms with Crippen LogP contribution in [-0.4, -0.2) is 30.6 Å². The van der Waals surface area contributed by atoms with Crippen molar-refractivity contribution in [3.8, 4) is 5.75 Å². The lowest BCUT2D eigenvalue weighted by molar-refractivity contribution is -0.118. The molecule has 0 unspecified atom stereocenters. The van der Waals surface area contributed by atoms with Gasteiger partial charge in [0.15, 0.2) is 6.29 Å². The Morgan fingerprint density at radius 3 is 2.86 bits per heavy atom. The Kier molecular flexibility index (Phi) is 5.21. The van der Waals surface area contributed by atoms with E-state index < -0.39 is 5.24 Å². The van der Waals surface area contributed by atoms with Crippen LogP contribution in [0.5, 0.6) is 5.75 Å². The molecule has 0 aromatic heterocycles. The standard InChI is InChI=1S/C15H16N2O4S/c1-2-14(19)17-5-6-21-13-4-3-10(8-12(13)17)7-11(9-18)22-15(16)20/h3-4,7-9H,2,5-6H2,1H3,(H2,16,20)/b11-7-. The molecule has 1 aliphatic rings. The van der Waals surface area contributed by atoms with Crippen LogP contribution in [0.2, 0.25) is 0 Å². The fourth-order valence-electron chi connectivity index (χ4n) is 2.14. The molecule has 2 amide bonds. The van der Waals surface area contributed by atoms with Gasteiger partial charge in [0.05, 0.1) is 17.1 Å². The summed E-state index contributed by atoms with van der Waals surface area (Å²) < 4.78 is 5.54. The number of primary amides is 1. The third kappa shape index (κ3) is 3.67. The Labute approximate surface area is 132 Å². The fourth-order valence-corrected chi connectivity index (χ4v) is 2.62. The fraction of sp³-hybridized carbons (Fsp3) is 0.267. The summed E-state index contributed by atoms with van der Waals surface area (Å²) >= 11 is 0.664. The van der Waals surface area contributed by atoms with Crippen LogP contribution in [0.15, 0.2) is 23.1 Å². The first-order chi connectivity index (χ1) is 10.5. The minimum atomic E-state index is -0.651. The molecule has 0 fully saturated rings. The first-order valence-corrected chi connectivity index (χ1v) is 7.58. The molecule has 0 bridgehead atoms. The average molecular weight is 320 g/mol. The van der Waals surface area contributed by atoms with Gasteiger partial charge in [-0.3, -0.25) is 14.4 Å². The van der Waals surface area contributed by atoms with Crippen LogP contribution in [0.1, 0.15) is 18.9 Å². The van der Waals surface area contributed by atoms with E-state index in [0.29, 0.717) is 54.6 Å². The first kappa shape index (κ1) is 16.1. The van der Waals surface area contributed by atoms with Gasteiger partial charge >= 0.3 is 0 Å². The summed E-state index contributed by atoms with van der Waals surface area (Å²) in [5.74, 6) is 0.633. The maximum atomic E-state index is 12.0. The number of hydrogen-bond donors (Lipinski definition) is 1. The van der Waals surface area contributed by atoms with Crippen LogP contribution in [0.3, 0.4) is 0 Å². The number of amides is 2. The van der Waals surface area contributed by atoms with Crippen LogP contribution in [-0.2, 0) is 9.59 Å². The number of nitrogens with zero attached hydrogens (tertiary/aromatic N) is 1. The van der Waals surface area contributed by atoms with Gasteiger partial charge in [-0.2, -0.15) is 0 Å². The number of nitrogens with two attached hydrogens (primary N) is 1. The molecule has 0 spiro atoms. The summed E-state index contributed by atoms with van der Waals surface area (Å²) in [6.45, 7) is 2.74. The van der Waals surface area contributed by atoms with Crippen molar-refractivity contribution in [3.05, 3.63) is 28.7 Å². The zero-order valence-corrected chi connectivity index (χ0v) is 12.9. The minimum absolute atomic E-state index is 0.00722.